The maximum atomic E-state index is 12.9. The van der Waals surface area contributed by atoms with E-state index in [1.54, 1.807) is 0 Å². The average molecular weight is 377 g/mol. The molecule has 2 aliphatic rings. The molecule has 0 atom stereocenters. The van der Waals surface area contributed by atoms with E-state index in [1.807, 2.05) is 35.2 Å². The molecule has 4 heteroatoms. The van der Waals surface area contributed by atoms with Crippen molar-refractivity contribution in [2.24, 2.45) is 0 Å². The van der Waals surface area contributed by atoms with Crippen molar-refractivity contribution in [1.82, 2.24) is 10.4 Å². The van der Waals surface area contributed by atoms with E-state index in [9.17, 15) is 4.79 Å². The minimum absolute atomic E-state index is 0.0920. The number of hydroxylamine groups is 1. The molecule has 2 heterocycles. The lowest BCUT2D eigenvalue weighted by atomic mass is 9.86. The largest absolute Gasteiger partial charge is 0.338 e. The quantitative estimate of drug-likeness (QED) is 0.837. The minimum atomic E-state index is -0.321. The van der Waals surface area contributed by atoms with Crippen LogP contribution in [0.25, 0.3) is 5.70 Å². The highest BCUT2D eigenvalue weighted by atomic mass is 16.7. The zero-order valence-electron chi connectivity index (χ0n) is 16.9. The van der Waals surface area contributed by atoms with Gasteiger partial charge in [-0.15, -0.1) is 0 Å². The molecule has 0 radical (unpaired) electrons. The van der Waals surface area contributed by atoms with Crippen LogP contribution in [-0.4, -0.2) is 29.5 Å². The summed E-state index contributed by atoms with van der Waals surface area (Å²) in [6, 6.07) is 18.2. The first-order valence-corrected chi connectivity index (χ1v) is 9.98. The highest BCUT2D eigenvalue weighted by Gasteiger charge is 2.40. The molecule has 4 rings (SSSR count). The van der Waals surface area contributed by atoms with Gasteiger partial charge in [0.15, 0.2) is 0 Å². The summed E-state index contributed by atoms with van der Waals surface area (Å²) < 4.78 is 0. The summed E-state index contributed by atoms with van der Waals surface area (Å²) in [7, 11) is 0. The number of piperidine rings is 1. The number of likely N-dealkylation sites (tertiary alicyclic amines) is 1. The molecule has 146 valence electrons. The van der Waals surface area contributed by atoms with Gasteiger partial charge in [0.1, 0.15) is 5.60 Å². The zero-order chi connectivity index (χ0) is 19.8. The lowest BCUT2D eigenvalue weighted by Crippen LogP contribution is -2.46. The highest BCUT2D eigenvalue weighted by Crippen LogP contribution is 2.35. The standard InChI is InChI=1S/C24H28N2O2/c1-23(2,3)20-11-9-19(10-12-20)22(27)26-15-13-24(14-16-26)17-21(25-28-24)18-7-5-4-6-8-18/h4-12,17,25H,13-16H2,1-3H3. The van der Waals surface area contributed by atoms with Crippen LogP contribution >= 0.6 is 0 Å². The predicted octanol–water partition coefficient (Wildman–Crippen LogP) is 4.53. The Morgan fingerprint density at radius 2 is 1.64 bits per heavy atom. The van der Waals surface area contributed by atoms with Gasteiger partial charge in [-0.1, -0.05) is 63.2 Å². The van der Waals surface area contributed by atoms with Gasteiger partial charge in [0.25, 0.3) is 5.91 Å². The van der Waals surface area contributed by atoms with Gasteiger partial charge < -0.3 is 4.90 Å². The van der Waals surface area contributed by atoms with Crippen molar-refractivity contribution in [2.45, 2.75) is 44.6 Å². The summed E-state index contributed by atoms with van der Waals surface area (Å²) in [5, 5.41) is 0. The molecule has 2 aromatic rings. The summed E-state index contributed by atoms with van der Waals surface area (Å²) >= 11 is 0. The Hall–Kier alpha value is -2.59. The Morgan fingerprint density at radius 1 is 1.00 bits per heavy atom. The molecule has 28 heavy (non-hydrogen) atoms. The van der Waals surface area contributed by atoms with Crippen molar-refractivity contribution in [3.8, 4) is 0 Å². The zero-order valence-corrected chi connectivity index (χ0v) is 16.9. The first-order valence-electron chi connectivity index (χ1n) is 9.98. The third-order valence-electron chi connectivity index (χ3n) is 5.75. The van der Waals surface area contributed by atoms with Gasteiger partial charge >= 0.3 is 0 Å². The highest BCUT2D eigenvalue weighted by molar-refractivity contribution is 5.94. The number of hydrogen-bond acceptors (Lipinski definition) is 3. The fourth-order valence-corrected chi connectivity index (χ4v) is 3.87. The molecule has 2 aromatic carbocycles. The van der Waals surface area contributed by atoms with E-state index in [1.165, 1.54) is 5.56 Å². The predicted molar refractivity (Wildman–Crippen MR) is 112 cm³/mol. The van der Waals surface area contributed by atoms with Crippen LogP contribution in [0.15, 0.2) is 60.7 Å². The molecular weight excluding hydrogens is 348 g/mol. The summed E-state index contributed by atoms with van der Waals surface area (Å²) in [5.74, 6) is 0.105. The normalized spacial score (nSPS) is 18.7. The van der Waals surface area contributed by atoms with Crippen molar-refractivity contribution >= 4 is 11.6 Å². The van der Waals surface area contributed by atoms with Crippen LogP contribution in [0.1, 0.15) is 55.1 Å². The SMILES string of the molecule is CC(C)(C)c1ccc(C(=O)N2CCC3(C=C(c4ccccc4)NO3)CC2)cc1. The number of carbonyl (C=O) groups excluding carboxylic acids is 1. The maximum absolute atomic E-state index is 12.9. The smallest absolute Gasteiger partial charge is 0.253 e. The second-order valence-corrected chi connectivity index (χ2v) is 8.81. The van der Waals surface area contributed by atoms with Gasteiger partial charge in [-0.25, -0.2) is 0 Å². The first kappa shape index (κ1) is 18.8. The van der Waals surface area contributed by atoms with Crippen LogP contribution in [0.5, 0.6) is 0 Å². The van der Waals surface area contributed by atoms with E-state index < -0.39 is 0 Å². The Labute approximate surface area is 167 Å². The third-order valence-corrected chi connectivity index (χ3v) is 5.75. The summed E-state index contributed by atoms with van der Waals surface area (Å²) in [6.45, 7) is 7.93. The monoisotopic (exact) mass is 376 g/mol. The van der Waals surface area contributed by atoms with Gasteiger partial charge in [0, 0.05) is 31.5 Å². The van der Waals surface area contributed by atoms with Crippen molar-refractivity contribution in [3.63, 3.8) is 0 Å². The molecule has 0 saturated carbocycles. The fraction of sp³-hybridized carbons (Fsp3) is 0.375. The number of rotatable bonds is 2. The molecule has 1 amide bonds. The lowest BCUT2D eigenvalue weighted by Gasteiger charge is -2.36. The summed E-state index contributed by atoms with van der Waals surface area (Å²) in [5.41, 5.74) is 6.99. The molecule has 0 aromatic heterocycles. The molecule has 1 N–H and O–H groups in total. The minimum Gasteiger partial charge on any atom is -0.338 e. The van der Waals surface area contributed by atoms with Crippen molar-refractivity contribution in [3.05, 3.63) is 77.4 Å². The van der Waals surface area contributed by atoms with E-state index in [4.69, 9.17) is 4.84 Å². The molecule has 1 fully saturated rings. The van der Waals surface area contributed by atoms with Gasteiger partial charge in [-0.2, -0.15) is 0 Å². The van der Waals surface area contributed by atoms with Gasteiger partial charge in [0.2, 0.25) is 0 Å². The Morgan fingerprint density at radius 3 is 2.25 bits per heavy atom. The van der Waals surface area contributed by atoms with Gasteiger partial charge in [-0.05, 0) is 34.8 Å². The molecule has 0 bridgehead atoms. The van der Waals surface area contributed by atoms with Crippen LogP contribution in [0.3, 0.4) is 0 Å². The molecule has 0 unspecified atom stereocenters. The van der Waals surface area contributed by atoms with Crippen molar-refractivity contribution < 1.29 is 9.63 Å². The molecule has 2 aliphatic heterocycles. The maximum Gasteiger partial charge on any atom is 0.253 e. The van der Waals surface area contributed by atoms with E-state index >= 15 is 0 Å². The third kappa shape index (κ3) is 3.69. The van der Waals surface area contributed by atoms with Crippen LogP contribution in [-0.2, 0) is 10.3 Å². The van der Waals surface area contributed by atoms with E-state index in [0.29, 0.717) is 13.1 Å². The first-order chi connectivity index (χ1) is 13.4. The van der Waals surface area contributed by atoms with Crippen LogP contribution in [0, 0.1) is 0 Å². The fourth-order valence-electron chi connectivity index (χ4n) is 3.87. The topological polar surface area (TPSA) is 41.6 Å². The summed E-state index contributed by atoms with van der Waals surface area (Å²) in [6.07, 6.45) is 3.77. The Balaban J connectivity index is 1.42. The number of carbonyl (C=O) groups is 1. The molecule has 1 saturated heterocycles. The molecular formula is C24H28N2O2. The van der Waals surface area contributed by atoms with E-state index in [-0.39, 0.29) is 16.9 Å². The number of amides is 1. The summed E-state index contributed by atoms with van der Waals surface area (Å²) in [4.78, 5) is 20.8. The van der Waals surface area contributed by atoms with Gasteiger partial charge in [0.05, 0.1) is 5.70 Å². The lowest BCUT2D eigenvalue weighted by molar-refractivity contribution is -0.0652. The van der Waals surface area contributed by atoms with E-state index in [2.05, 4.69) is 56.6 Å². The van der Waals surface area contributed by atoms with Crippen LogP contribution in [0.4, 0.5) is 0 Å². The number of nitrogens with zero attached hydrogens (tertiary/aromatic N) is 1. The second-order valence-electron chi connectivity index (χ2n) is 8.81. The Kier molecular flexibility index (Phi) is 4.76. The van der Waals surface area contributed by atoms with Crippen molar-refractivity contribution in [1.29, 1.82) is 0 Å². The molecule has 4 nitrogen and oxygen atoms in total. The number of benzene rings is 2. The second kappa shape index (κ2) is 7.10. The Bertz CT molecular complexity index is 871. The molecule has 1 spiro atoms. The van der Waals surface area contributed by atoms with E-state index in [0.717, 1.165) is 29.7 Å². The van der Waals surface area contributed by atoms with Crippen LogP contribution < -0.4 is 5.48 Å². The average Bonchev–Trinajstić information content (AvgIpc) is 3.12. The number of hydrogen-bond donors (Lipinski definition) is 1. The number of nitrogens with one attached hydrogen (secondary N) is 1. The van der Waals surface area contributed by atoms with Crippen molar-refractivity contribution in [2.75, 3.05) is 13.1 Å². The molecule has 0 aliphatic carbocycles. The van der Waals surface area contributed by atoms with Gasteiger partial charge in [-0.3, -0.25) is 15.1 Å². The van der Waals surface area contributed by atoms with Crippen LogP contribution in [0.2, 0.25) is 0 Å².